The van der Waals surface area contributed by atoms with Gasteiger partial charge in [0.1, 0.15) is 12.6 Å². The number of aryl methyl sites for hydroxylation is 2. The van der Waals surface area contributed by atoms with Gasteiger partial charge in [-0.3, -0.25) is 13.9 Å². The van der Waals surface area contributed by atoms with E-state index in [-0.39, 0.29) is 12.5 Å². The Morgan fingerprint density at radius 1 is 1.03 bits per heavy atom. The average molecular weight is 494 g/mol. The molecular formula is C24H32ClN3O4S. The van der Waals surface area contributed by atoms with Crippen molar-refractivity contribution in [1.82, 2.24) is 10.2 Å². The van der Waals surface area contributed by atoms with E-state index in [9.17, 15) is 18.0 Å². The molecule has 0 aliphatic rings. The number of hydrogen-bond donors (Lipinski definition) is 1. The Morgan fingerprint density at radius 2 is 1.61 bits per heavy atom. The number of carbonyl (C=O) groups excluding carboxylic acids is 2. The summed E-state index contributed by atoms with van der Waals surface area (Å²) in [5, 5.41) is 3.33. The summed E-state index contributed by atoms with van der Waals surface area (Å²) < 4.78 is 26.4. The minimum absolute atomic E-state index is 0.149. The molecule has 0 aromatic heterocycles. The van der Waals surface area contributed by atoms with E-state index in [1.54, 1.807) is 43.3 Å². The molecule has 0 spiro atoms. The molecule has 0 bridgehead atoms. The predicted octanol–water partition coefficient (Wildman–Crippen LogP) is 3.67. The number of halogens is 1. The molecule has 2 amide bonds. The summed E-state index contributed by atoms with van der Waals surface area (Å²) in [6, 6.07) is 11.6. The summed E-state index contributed by atoms with van der Waals surface area (Å²) in [4.78, 5) is 27.7. The lowest BCUT2D eigenvalue weighted by Gasteiger charge is -2.33. The summed E-state index contributed by atoms with van der Waals surface area (Å²) in [7, 11) is -3.75. The molecule has 0 fully saturated rings. The second-order valence-electron chi connectivity index (χ2n) is 8.08. The Morgan fingerprint density at radius 3 is 2.09 bits per heavy atom. The third kappa shape index (κ3) is 7.47. The number of sulfonamides is 1. The third-order valence-corrected chi connectivity index (χ3v) is 6.57. The third-order valence-electron chi connectivity index (χ3n) is 5.18. The van der Waals surface area contributed by atoms with Gasteiger partial charge in [0.15, 0.2) is 0 Å². The van der Waals surface area contributed by atoms with Crippen molar-refractivity contribution in [3.8, 4) is 0 Å². The smallest absolute Gasteiger partial charge is 0.244 e. The molecule has 0 heterocycles. The molecule has 2 rings (SSSR count). The highest BCUT2D eigenvalue weighted by Gasteiger charge is 2.31. The van der Waals surface area contributed by atoms with Crippen molar-refractivity contribution in [1.29, 1.82) is 0 Å². The molecule has 0 radical (unpaired) electrons. The summed E-state index contributed by atoms with van der Waals surface area (Å²) in [6.45, 7) is 7.53. The Bertz CT molecular complexity index is 1070. The van der Waals surface area contributed by atoms with Crippen LogP contribution in [0.25, 0.3) is 0 Å². The molecule has 0 saturated carbocycles. The van der Waals surface area contributed by atoms with Crippen LogP contribution >= 0.6 is 11.6 Å². The van der Waals surface area contributed by atoms with Crippen LogP contribution in [0.4, 0.5) is 5.69 Å². The monoisotopic (exact) mass is 493 g/mol. The highest BCUT2D eigenvalue weighted by Crippen LogP contribution is 2.23. The molecule has 0 saturated heterocycles. The summed E-state index contributed by atoms with van der Waals surface area (Å²) >= 11 is 5.99. The zero-order valence-corrected chi connectivity index (χ0v) is 21.3. The van der Waals surface area contributed by atoms with Crippen LogP contribution in [-0.2, 0) is 26.2 Å². The minimum Gasteiger partial charge on any atom is -0.355 e. The fraction of sp³-hybridized carbons (Fsp3) is 0.417. The van der Waals surface area contributed by atoms with Gasteiger partial charge < -0.3 is 10.2 Å². The van der Waals surface area contributed by atoms with Gasteiger partial charge in [-0.15, -0.1) is 0 Å². The number of likely N-dealkylation sites (N-methyl/N-ethyl adjacent to an activating group) is 1. The Balaban J connectivity index is 2.45. The van der Waals surface area contributed by atoms with E-state index in [1.807, 2.05) is 26.8 Å². The van der Waals surface area contributed by atoms with Gasteiger partial charge in [-0.05, 0) is 68.1 Å². The van der Waals surface area contributed by atoms with Crippen LogP contribution in [-0.4, -0.2) is 50.5 Å². The SMILES string of the molecule is CCNC(=O)[C@H](CC)N(Cc1ccc(Cl)cc1)C(=O)CN(c1cc(C)cc(C)c1)S(C)(=O)=O. The molecule has 1 atom stereocenters. The van der Waals surface area contributed by atoms with Crippen LogP contribution < -0.4 is 9.62 Å². The first-order valence-corrected chi connectivity index (χ1v) is 13.1. The van der Waals surface area contributed by atoms with E-state index >= 15 is 0 Å². The molecule has 2 aromatic carbocycles. The molecule has 0 aliphatic carbocycles. The first kappa shape index (κ1) is 26.7. The molecule has 1 N–H and O–H groups in total. The zero-order valence-electron chi connectivity index (χ0n) is 19.8. The second-order valence-corrected chi connectivity index (χ2v) is 10.4. The Kier molecular flexibility index (Phi) is 9.31. The van der Waals surface area contributed by atoms with E-state index in [4.69, 9.17) is 11.6 Å². The first-order chi connectivity index (χ1) is 15.5. The molecule has 33 heavy (non-hydrogen) atoms. The van der Waals surface area contributed by atoms with E-state index in [0.29, 0.717) is 23.7 Å². The highest BCUT2D eigenvalue weighted by molar-refractivity contribution is 7.92. The van der Waals surface area contributed by atoms with E-state index in [2.05, 4.69) is 5.32 Å². The van der Waals surface area contributed by atoms with Gasteiger partial charge in [-0.25, -0.2) is 8.42 Å². The minimum atomic E-state index is -3.75. The van der Waals surface area contributed by atoms with Crippen LogP contribution in [0, 0.1) is 13.8 Å². The molecule has 180 valence electrons. The lowest BCUT2D eigenvalue weighted by molar-refractivity contribution is -0.140. The van der Waals surface area contributed by atoms with Gasteiger partial charge in [-0.1, -0.05) is 36.7 Å². The van der Waals surface area contributed by atoms with Crippen LogP contribution in [0.3, 0.4) is 0 Å². The number of benzene rings is 2. The zero-order chi connectivity index (χ0) is 24.8. The lowest BCUT2D eigenvalue weighted by atomic mass is 10.1. The van der Waals surface area contributed by atoms with E-state index < -0.39 is 28.5 Å². The molecule has 0 aliphatic heterocycles. The van der Waals surface area contributed by atoms with Gasteiger partial charge in [-0.2, -0.15) is 0 Å². The number of carbonyl (C=O) groups is 2. The lowest BCUT2D eigenvalue weighted by Crippen LogP contribution is -2.52. The van der Waals surface area contributed by atoms with Gasteiger partial charge >= 0.3 is 0 Å². The summed E-state index contributed by atoms with van der Waals surface area (Å²) in [5.41, 5.74) is 2.98. The summed E-state index contributed by atoms with van der Waals surface area (Å²) in [5.74, 6) is -0.743. The Hall–Kier alpha value is -2.58. The number of hydrogen-bond acceptors (Lipinski definition) is 4. The number of amides is 2. The topological polar surface area (TPSA) is 86.8 Å². The van der Waals surface area contributed by atoms with E-state index in [1.165, 1.54) is 4.90 Å². The van der Waals surface area contributed by atoms with Gasteiger partial charge in [0.05, 0.1) is 11.9 Å². The maximum absolute atomic E-state index is 13.5. The van der Waals surface area contributed by atoms with Gasteiger partial charge in [0.25, 0.3) is 0 Å². The number of nitrogens with one attached hydrogen (secondary N) is 1. The molecule has 2 aromatic rings. The normalized spacial score (nSPS) is 12.2. The molecule has 7 nitrogen and oxygen atoms in total. The first-order valence-electron chi connectivity index (χ1n) is 10.8. The fourth-order valence-electron chi connectivity index (χ4n) is 3.71. The van der Waals surface area contributed by atoms with Crippen molar-refractivity contribution in [3.63, 3.8) is 0 Å². The standard InChI is InChI=1S/C24H32ClN3O4S/c1-6-22(24(30)26-7-2)27(15-19-8-10-20(25)11-9-19)23(29)16-28(33(5,31)32)21-13-17(3)12-18(4)14-21/h8-14,22H,6-7,15-16H2,1-5H3,(H,26,30)/t22-/m0/s1. The van der Waals surface area contributed by atoms with Crippen molar-refractivity contribution in [2.45, 2.75) is 46.7 Å². The van der Waals surface area contributed by atoms with Crippen LogP contribution in [0.15, 0.2) is 42.5 Å². The van der Waals surface area contributed by atoms with E-state index in [0.717, 1.165) is 27.3 Å². The van der Waals surface area contributed by atoms with Crippen molar-refractivity contribution < 1.29 is 18.0 Å². The molecule has 0 unspecified atom stereocenters. The number of rotatable bonds is 10. The van der Waals surface area contributed by atoms with Crippen molar-refractivity contribution >= 4 is 39.1 Å². The van der Waals surface area contributed by atoms with Gasteiger partial charge in [0, 0.05) is 18.1 Å². The van der Waals surface area contributed by atoms with Gasteiger partial charge in [0.2, 0.25) is 21.8 Å². The maximum atomic E-state index is 13.5. The van der Waals surface area contributed by atoms with Crippen molar-refractivity contribution in [2.75, 3.05) is 23.7 Å². The number of anilines is 1. The van der Waals surface area contributed by atoms with Crippen LogP contribution in [0.5, 0.6) is 0 Å². The quantitative estimate of drug-likeness (QED) is 0.547. The average Bonchev–Trinajstić information content (AvgIpc) is 2.71. The Labute approximate surface area is 201 Å². The second kappa shape index (κ2) is 11.5. The molecule has 9 heteroatoms. The fourth-order valence-corrected chi connectivity index (χ4v) is 4.67. The molecular weight excluding hydrogens is 462 g/mol. The van der Waals surface area contributed by atoms with Crippen LogP contribution in [0.1, 0.15) is 37.0 Å². The van der Waals surface area contributed by atoms with Crippen molar-refractivity contribution in [2.24, 2.45) is 0 Å². The number of nitrogens with zero attached hydrogens (tertiary/aromatic N) is 2. The largest absolute Gasteiger partial charge is 0.355 e. The summed E-state index contributed by atoms with van der Waals surface area (Å²) in [6.07, 6.45) is 1.45. The maximum Gasteiger partial charge on any atom is 0.244 e. The van der Waals surface area contributed by atoms with Crippen molar-refractivity contribution in [3.05, 3.63) is 64.2 Å². The van der Waals surface area contributed by atoms with Crippen LogP contribution in [0.2, 0.25) is 5.02 Å². The predicted molar refractivity (Wildman–Crippen MR) is 133 cm³/mol. The highest BCUT2D eigenvalue weighted by atomic mass is 35.5.